The molecule has 4 nitrogen and oxygen atoms in total. The van der Waals surface area contributed by atoms with E-state index in [9.17, 15) is 0 Å². The monoisotopic (exact) mass is 251 g/mol. The highest BCUT2D eigenvalue weighted by molar-refractivity contribution is 5.81. The van der Waals surface area contributed by atoms with Gasteiger partial charge in [0.15, 0.2) is 0 Å². The minimum absolute atomic E-state index is 0.216. The van der Waals surface area contributed by atoms with E-state index in [1.165, 1.54) is 5.56 Å². The SMILES string of the molecule is CC(CCc1ccc(OCCCCO)cc1)=NO. The molecular formula is C14H21NO3. The van der Waals surface area contributed by atoms with Gasteiger partial charge in [-0.05, 0) is 50.3 Å². The van der Waals surface area contributed by atoms with E-state index in [4.69, 9.17) is 15.1 Å². The fraction of sp³-hybridized carbons (Fsp3) is 0.500. The summed E-state index contributed by atoms with van der Waals surface area (Å²) in [6.07, 6.45) is 3.26. The molecule has 1 aromatic rings. The lowest BCUT2D eigenvalue weighted by Crippen LogP contribution is -1.99. The molecule has 100 valence electrons. The summed E-state index contributed by atoms with van der Waals surface area (Å²) in [6, 6.07) is 7.93. The number of unbranched alkanes of at least 4 members (excludes halogenated alkanes) is 1. The number of ether oxygens (including phenoxy) is 1. The molecule has 0 heterocycles. The van der Waals surface area contributed by atoms with E-state index in [0.29, 0.717) is 6.61 Å². The van der Waals surface area contributed by atoms with Crippen LogP contribution in [0, 0.1) is 0 Å². The molecule has 0 aliphatic rings. The zero-order chi connectivity index (χ0) is 13.2. The Morgan fingerprint density at radius 1 is 1.22 bits per heavy atom. The van der Waals surface area contributed by atoms with Gasteiger partial charge in [-0.3, -0.25) is 0 Å². The van der Waals surface area contributed by atoms with E-state index in [1.54, 1.807) is 6.92 Å². The molecule has 4 heteroatoms. The zero-order valence-electron chi connectivity index (χ0n) is 10.8. The predicted molar refractivity (Wildman–Crippen MR) is 71.5 cm³/mol. The van der Waals surface area contributed by atoms with Gasteiger partial charge in [-0.2, -0.15) is 0 Å². The van der Waals surface area contributed by atoms with Crippen molar-refractivity contribution < 1.29 is 15.1 Å². The summed E-state index contributed by atoms with van der Waals surface area (Å²) in [5, 5.41) is 20.3. The lowest BCUT2D eigenvalue weighted by atomic mass is 10.1. The molecule has 1 aromatic carbocycles. The molecule has 0 amide bonds. The van der Waals surface area contributed by atoms with E-state index in [-0.39, 0.29) is 6.61 Å². The molecule has 0 fully saturated rings. The van der Waals surface area contributed by atoms with Crippen molar-refractivity contribution in [3.8, 4) is 5.75 Å². The van der Waals surface area contributed by atoms with Gasteiger partial charge in [0, 0.05) is 6.61 Å². The van der Waals surface area contributed by atoms with Gasteiger partial charge in [-0.15, -0.1) is 0 Å². The first-order valence-corrected chi connectivity index (χ1v) is 6.26. The van der Waals surface area contributed by atoms with Crippen LogP contribution in [0.4, 0.5) is 0 Å². The Morgan fingerprint density at radius 2 is 1.94 bits per heavy atom. The van der Waals surface area contributed by atoms with Gasteiger partial charge in [0.1, 0.15) is 5.75 Å². The van der Waals surface area contributed by atoms with Gasteiger partial charge in [0.05, 0.1) is 12.3 Å². The van der Waals surface area contributed by atoms with Crippen LogP contribution in [0.25, 0.3) is 0 Å². The normalized spacial score (nSPS) is 11.6. The maximum absolute atomic E-state index is 8.64. The van der Waals surface area contributed by atoms with Crippen molar-refractivity contribution in [2.24, 2.45) is 5.16 Å². The minimum atomic E-state index is 0.216. The Hall–Kier alpha value is -1.55. The summed E-state index contributed by atoms with van der Waals surface area (Å²) >= 11 is 0. The highest BCUT2D eigenvalue weighted by Gasteiger charge is 1.98. The molecule has 0 radical (unpaired) electrons. The molecular weight excluding hydrogens is 230 g/mol. The summed E-state index contributed by atoms with van der Waals surface area (Å²) in [5.74, 6) is 0.851. The molecule has 0 aliphatic carbocycles. The van der Waals surface area contributed by atoms with Crippen molar-refractivity contribution in [3.05, 3.63) is 29.8 Å². The van der Waals surface area contributed by atoms with Gasteiger partial charge < -0.3 is 15.1 Å². The molecule has 0 spiro atoms. The highest BCUT2D eigenvalue weighted by Crippen LogP contribution is 2.14. The van der Waals surface area contributed by atoms with Crippen LogP contribution in [-0.2, 0) is 6.42 Å². The van der Waals surface area contributed by atoms with Crippen molar-refractivity contribution >= 4 is 5.71 Å². The van der Waals surface area contributed by atoms with Gasteiger partial charge in [-0.25, -0.2) is 0 Å². The number of hydrogen-bond acceptors (Lipinski definition) is 4. The van der Waals surface area contributed by atoms with Crippen molar-refractivity contribution in [2.75, 3.05) is 13.2 Å². The van der Waals surface area contributed by atoms with Gasteiger partial charge in [0.25, 0.3) is 0 Å². The largest absolute Gasteiger partial charge is 0.494 e. The average Bonchev–Trinajstić information content (AvgIpc) is 2.42. The Labute approximate surface area is 108 Å². The van der Waals surface area contributed by atoms with Gasteiger partial charge in [-0.1, -0.05) is 17.3 Å². The Kier molecular flexibility index (Phi) is 6.87. The third-order valence-corrected chi connectivity index (χ3v) is 2.69. The lowest BCUT2D eigenvalue weighted by molar-refractivity contribution is 0.253. The third-order valence-electron chi connectivity index (χ3n) is 2.69. The number of aliphatic hydroxyl groups excluding tert-OH is 1. The molecule has 0 aliphatic heterocycles. The van der Waals surface area contributed by atoms with Crippen LogP contribution in [-0.4, -0.2) is 29.2 Å². The third kappa shape index (κ3) is 5.68. The number of hydrogen-bond donors (Lipinski definition) is 2. The van der Waals surface area contributed by atoms with Crippen LogP contribution in [0.1, 0.15) is 31.7 Å². The van der Waals surface area contributed by atoms with E-state index < -0.39 is 0 Å². The summed E-state index contributed by atoms with van der Waals surface area (Å²) < 4.78 is 5.53. The molecule has 0 atom stereocenters. The summed E-state index contributed by atoms with van der Waals surface area (Å²) in [6.45, 7) is 2.66. The summed E-state index contributed by atoms with van der Waals surface area (Å²) in [7, 11) is 0. The molecule has 1 rings (SSSR count). The first kappa shape index (κ1) is 14.5. The second kappa shape index (κ2) is 8.53. The number of nitrogens with zero attached hydrogens (tertiary/aromatic N) is 1. The fourth-order valence-electron chi connectivity index (χ4n) is 1.53. The molecule has 0 saturated heterocycles. The van der Waals surface area contributed by atoms with Crippen LogP contribution in [0.2, 0.25) is 0 Å². The summed E-state index contributed by atoms with van der Waals surface area (Å²) in [4.78, 5) is 0. The smallest absolute Gasteiger partial charge is 0.119 e. The zero-order valence-corrected chi connectivity index (χ0v) is 10.8. The van der Waals surface area contributed by atoms with Gasteiger partial charge in [0.2, 0.25) is 0 Å². The quantitative estimate of drug-likeness (QED) is 0.323. The molecule has 2 N–H and O–H groups in total. The molecule has 18 heavy (non-hydrogen) atoms. The first-order chi connectivity index (χ1) is 8.76. The first-order valence-electron chi connectivity index (χ1n) is 6.26. The highest BCUT2D eigenvalue weighted by atomic mass is 16.5. The van der Waals surface area contributed by atoms with Gasteiger partial charge >= 0.3 is 0 Å². The van der Waals surface area contributed by atoms with Crippen LogP contribution in [0.5, 0.6) is 5.75 Å². The van der Waals surface area contributed by atoms with Crippen molar-refractivity contribution in [1.29, 1.82) is 0 Å². The van der Waals surface area contributed by atoms with E-state index >= 15 is 0 Å². The Balaban J connectivity index is 2.33. The molecule has 0 saturated carbocycles. The second-order valence-electron chi connectivity index (χ2n) is 4.26. The standard InChI is InChI=1S/C14H21NO3/c1-12(15-17)4-5-13-6-8-14(9-7-13)18-11-3-2-10-16/h6-9,16-17H,2-5,10-11H2,1H3. The fourth-order valence-corrected chi connectivity index (χ4v) is 1.53. The van der Waals surface area contributed by atoms with Crippen LogP contribution < -0.4 is 4.74 Å². The molecule has 0 aromatic heterocycles. The second-order valence-corrected chi connectivity index (χ2v) is 4.26. The molecule has 0 bridgehead atoms. The Bertz CT molecular complexity index is 360. The Morgan fingerprint density at radius 3 is 2.56 bits per heavy atom. The number of aliphatic hydroxyl groups is 1. The van der Waals surface area contributed by atoms with E-state index in [2.05, 4.69) is 5.16 Å². The van der Waals surface area contributed by atoms with Crippen LogP contribution >= 0.6 is 0 Å². The van der Waals surface area contributed by atoms with E-state index in [0.717, 1.165) is 37.1 Å². The van der Waals surface area contributed by atoms with Crippen molar-refractivity contribution in [1.82, 2.24) is 0 Å². The number of benzene rings is 1. The number of aryl methyl sites for hydroxylation is 1. The molecule has 0 unspecified atom stereocenters. The predicted octanol–water partition coefficient (Wildman–Crippen LogP) is 2.62. The van der Waals surface area contributed by atoms with Crippen molar-refractivity contribution in [2.45, 2.75) is 32.6 Å². The summed E-state index contributed by atoms with van der Waals surface area (Å²) in [5.41, 5.74) is 1.93. The number of rotatable bonds is 8. The van der Waals surface area contributed by atoms with E-state index in [1.807, 2.05) is 24.3 Å². The van der Waals surface area contributed by atoms with Crippen LogP contribution in [0.15, 0.2) is 29.4 Å². The maximum atomic E-state index is 8.64. The topological polar surface area (TPSA) is 62.0 Å². The average molecular weight is 251 g/mol. The minimum Gasteiger partial charge on any atom is -0.494 e. The lowest BCUT2D eigenvalue weighted by Gasteiger charge is -2.06. The maximum Gasteiger partial charge on any atom is 0.119 e. The van der Waals surface area contributed by atoms with Crippen LogP contribution in [0.3, 0.4) is 0 Å². The van der Waals surface area contributed by atoms with Crippen molar-refractivity contribution in [3.63, 3.8) is 0 Å². The number of oxime groups is 1.